The summed E-state index contributed by atoms with van der Waals surface area (Å²) in [7, 11) is 0. The molecule has 0 aromatic heterocycles. The van der Waals surface area contributed by atoms with Crippen LogP contribution in [0.1, 0.15) is 69.0 Å². The highest BCUT2D eigenvalue weighted by atomic mass is 19.4. The van der Waals surface area contributed by atoms with Crippen LogP contribution in [0.3, 0.4) is 0 Å². The number of halogens is 3. The largest absolute Gasteiger partial charge is 0.416 e. The van der Waals surface area contributed by atoms with Crippen LogP contribution in [-0.2, 0) is 20.6 Å². The van der Waals surface area contributed by atoms with Gasteiger partial charge in [-0.15, -0.1) is 0 Å². The van der Waals surface area contributed by atoms with Crippen LogP contribution in [-0.4, -0.2) is 40.1 Å². The lowest BCUT2D eigenvalue weighted by Crippen LogP contribution is -2.39. The molecule has 3 atom stereocenters. The van der Waals surface area contributed by atoms with Crippen molar-refractivity contribution in [2.75, 3.05) is 6.54 Å². The quantitative estimate of drug-likeness (QED) is 0.624. The Bertz CT molecular complexity index is 857. The third-order valence-electron chi connectivity index (χ3n) is 6.82. The third kappa shape index (κ3) is 4.34. The molecule has 0 bridgehead atoms. The summed E-state index contributed by atoms with van der Waals surface area (Å²) >= 11 is 0. The minimum absolute atomic E-state index is 0.00325. The second-order valence-corrected chi connectivity index (χ2v) is 8.91. The maximum atomic E-state index is 13.1. The smallest absolute Gasteiger partial charge is 0.333 e. The molecule has 3 fully saturated rings. The van der Waals surface area contributed by atoms with E-state index >= 15 is 0 Å². The van der Waals surface area contributed by atoms with E-state index in [2.05, 4.69) is 0 Å². The number of imide groups is 1. The van der Waals surface area contributed by atoms with E-state index in [1.54, 1.807) is 17.9 Å². The molecule has 3 unspecified atom stereocenters. The Kier molecular flexibility index (Phi) is 5.83. The number of rotatable bonds is 6. The zero-order valence-electron chi connectivity index (χ0n) is 17.5. The highest BCUT2D eigenvalue weighted by molar-refractivity contribution is 6.05. The second kappa shape index (κ2) is 8.28. The molecule has 0 N–H and O–H groups in total. The van der Waals surface area contributed by atoms with Gasteiger partial charge >= 0.3 is 6.18 Å². The molecule has 3 amide bonds. The Hall–Kier alpha value is -2.38. The summed E-state index contributed by atoms with van der Waals surface area (Å²) in [5, 5.41) is 0. The highest BCUT2D eigenvalue weighted by Crippen LogP contribution is 2.39. The molecule has 168 valence electrons. The molecule has 31 heavy (non-hydrogen) atoms. The van der Waals surface area contributed by atoms with Crippen LogP contribution in [0.5, 0.6) is 0 Å². The van der Waals surface area contributed by atoms with E-state index in [1.165, 1.54) is 11.0 Å². The molecule has 4 rings (SSSR count). The second-order valence-electron chi connectivity index (χ2n) is 8.91. The van der Waals surface area contributed by atoms with E-state index in [-0.39, 0.29) is 48.6 Å². The molecule has 8 heteroatoms. The van der Waals surface area contributed by atoms with Gasteiger partial charge < -0.3 is 4.90 Å². The number of benzene rings is 1. The van der Waals surface area contributed by atoms with Crippen LogP contribution < -0.4 is 0 Å². The maximum absolute atomic E-state index is 13.1. The summed E-state index contributed by atoms with van der Waals surface area (Å²) in [5.74, 6) is -1.08. The molecule has 2 aliphatic carbocycles. The number of fused-ring (bicyclic) bond motifs is 1. The van der Waals surface area contributed by atoms with Gasteiger partial charge in [0.15, 0.2) is 0 Å². The summed E-state index contributed by atoms with van der Waals surface area (Å²) in [6.07, 6.45) is 0.491. The molecule has 2 saturated carbocycles. The summed E-state index contributed by atoms with van der Waals surface area (Å²) in [6.45, 7) is 1.77. The number of hydrogen-bond acceptors (Lipinski definition) is 3. The number of amides is 3. The third-order valence-corrected chi connectivity index (χ3v) is 6.82. The molecule has 1 aromatic carbocycles. The van der Waals surface area contributed by atoms with Crippen LogP contribution in [0, 0.1) is 11.8 Å². The molecule has 0 radical (unpaired) electrons. The Morgan fingerprint density at radius 2 is 1.71 bits per heavy atom. The van der Waals surface area contributed by atoms with E-state index in [9.17, 15) is 27.6 Å². The number of nitrogens with zero attached hydrogens (tertiary/aromatic N) is 2. The first-order valence-electron chi connectivity index (χ1n) is 11.0. The van der Waals surface area contributed by atoms with Crippen molar-refractivity contribution < 1.29 is 27.6 Å². The van der Waals surface area contributed by atoms with Crippen molar-refractivity contribution in [2.24, 2.45) is 11.8 Å². The zero-order chi connectivity index (χ0) is 22.3. The molecule has 1 aliphatic heterocycles. The van der Waals surface area contributed by atoms with Gasteiger partial charge in [-0.1, -0.05) is 25.0 Å². The molecule has 1 heterocycles. The fourth-order valence-corrected chi connectivity index (χ4v) is 5.01. The van der Waals surface area contributed by atoms with Gasteiger partial charge in [0.2, 0.25) is 17.7 Å². The first-order chi connectivity index (χ1) is 14.7. The minimum Gasteiger partial charge on any atom is -0.333 e. The summed E-state index contributed by atoms with van der Waals surface area (Å²) in [4.78, 5) is 41.2. The van der Waals surface area contributed by atoms with Crippen molar-refractivity contribution in [3.05, 3.63) is 35.4 Å². The number of carbonyl (C=O) groups is 3. The first kappa shape index (κ1) is 21.8. The van der Waals surface area contributed by atoms with Gasteiger partial charge in [0.1, 0.15) is 0 Å². The summed E-state index contributed by atoms with van der Waals surface area (Å²) < 4.78 is 39.3. The molecule has 3 aliphatic rings. The molecule has 5 nitrogen and oxygen atoms in total. The average molecular weight is 436 g/mol. The molecule has 0 spiro atoms. The van der Waals surface area contributed by atoms with Gasteiger partial charge in [0.05, 0.1) is 23.4 Å². The van der Waals surface area contributed by atoms with Crippen molar-refractivity contribution in [1.82, 2.24) is 9.80 Å². The van der Waals surface area contributed by atoms with Gasteiger partial charge in [-0.2, -0.15) is 13.2 Å². The number of likely N-dealkylation sites (tertiary alicyclic amines) is 1. The fourth-order valence-electron chi connectivity index (χ4n) is 5.01. The Morgan fingerprint density at radius 1 is 1.10 bits per heavy atom. The SMILES string of the molecule is CC(c1cccc(C(F)(F)F)c1)N(C(=O)CCN1C(=O)C2CCCCC2C1=O)C1CC1. The maximum Gasteiger partial charge on any atom is 0.416 e. The standard InChI is InChI=1S/C23H27F3N2O3/c1-14(15-5-4-6-16(13-15)23(24,25)26)28(17-9-10-17)20(29)11-12-27-21(30)18-7-2-3-8-19(18)22(27)31/h4-6,13-14,17-19H,2-3,7-12H2,1H3. The lowest BCUT2D eigenvalue weighted by atomic mass is 9.81. The first-order valence-corrected chi connectivity index (χ1v) is 11.0. The predicted molar refractivity (Wildman–Crippen MR) is 107 cm³/mol. The van der Waals surface area contributed by atoms with E-state index in [0.29, 0.717) is 5.56 Å². The van der Waals surface area contributed by atoms with Gasteiger partial charge in [0.25, 0.3) is 0 Å². The van der Waals surface area contributed by atoms with Crippen LogP contribution in [0.15, 0.2) is 24.3 Å². The Morgan fingerprint density at radius 3 is 2.26 bits per heavy atom. The number of hydrogen-bond donors (Lipinski definition) is 0. The normalized spacial score (nSPS) is 24.8. The van der Waals surface area contributed by atoms with Crippen LogP contribution in [0.2, 0.25) is 0 Å². The fraction of sp³-hybridized carbons (Fsp3) is 0.609. The van der Waals surface area contributed by atoms with Crippen LogP contribution in [0.4, 0.5) is 13.2 Å². The van der Waals surface area contributed by atoms with Crippen LogP contribution in [0.25, 0.3) is 0 Å². The van der Waals surface area contributed by atoms with Crippen LogP contribution >= 0.6 is 0 Å². The number of carbonyl (C=O) groups excluding carboxylic acids is 3. The van der Waals surface area contributed by atoms with Crippen molar-refractivity contribution in [3.63, 3.8) is 0 Å². The van der Waals surface area contributed by atoms with Crippen molar-refractivity contribution in [1.29, 1.82) is 0 Å². The minimum atomic E-state index is -4.45. The van der Waals surface area contributed by atoms with Gasteiger partial charge in [-0.3, -0.25) is 19.3 Å². The van der Waals surface area contributed by atoms with Gasteiger partial charge in [-0.25, -0.2) is 0 Å². The van der Waals surface area contributed by atoms with E-state index in [0.717, 1.165) is 50.7 Å². The van der Waals surface area contributed by atoms with Gasteiger partial charge in [0, 0.05) is 19.0 Å². The van der Waals surface area contributed by atoms with E-state index < -0.39 is 17.8 Å². The molecular weight excluding hydrogens is 409 g/mol. The highest BCUT2D eigenvalue weighted by Gasteiger charge is 2.48. The topological polar surface area (TPSA) is 57.7 Å². The summed E-state index contributed by atoms with van der Waals surface area (Å²) in [5.41, 5.74) is -0.315. The Labute approximate surface area is 179 Å². The van der Waals surface area contributed by atoms with E-state index in [1.807, 2.05) is 0 Å². The molecule has 1 saturated heterocycles. The van der Waals surface area contributed by atoms with Crippen molar-refractivity contribution in [3.8, 4) is 0 Å². The van der Waals surface area contributed by atoms with Crippen molar-refractivity contribution in [2.45, 2.75) is 70.1 Å². The van der Waals surface area contributed by atoms with Gasteiger partial charge in [-0.05, 0) is 50.3 Å². The van der Waals surface area contributed by atoms with E-state index in [4.69, 9.17) is 0 Å². The predicted octanol–water partition coefficient (Wildman–Crippen LogP) is 4.32. The number of alkyl halides is 3. The summed E-state index contributed by atoms with van der Waals surface area (Å²) in [6, 6.07) is 4.53. The lowest BCUT2D eigenvalue weighted by molar-refractivity contribution is -0.141. The zero-order valence-corrected chi connectivity index (χ0v) is 17.5. The molecule has 1 aromatic rings. The Balaban J connectivity index is 1.45. The lowest BCUT2D eigenvalue weighted by Gasteiger charge is -2.31. The molecular formula is C23H27F3N2O3. The van der Waals surface area contributed by atoms with Crippen molar-refractivity contribution >= 4 is 17.7 Å². The average Bonchev–Trinajstić information content (AvgIpc) is 3.54. The monoisotopic (exact) mass is 436 g/mol.